The van der Waals surface area contributed by atoms with Gasteiger partial charge in [-0.05, 0) is 42.9 Å². The highest BCUT2D eigenvalue weighted by Crippen LogP contribution is 2.35. The fraction of sp³-hybridized carbons (Fsp3) is 0.240. The number of pyridine rings is 1. The Bertz CT molecular complexity index is 1200. The van der Waals surface area contributed by atoms with Gasteiger partial charge in [-0.1, -0.05) is 42.5 Å². The number of fused-ring (bicyclic) bond motifs is 1. The molecule has 1 aliphatic carbocycles. The Morgan fingerprint density at radius 2 is 1.81 bits per heavy atom. The molecule has 0 amide bonds. The van der Waals surface area contributed by atoms with Gasteiger partial charge in [0.25, 0.3) is 0 Å². The smallest absolute Gasteiger partial charge is 0.160 e. The number of hydrogen-bond acceptors (Lipinski definition) is 6. The first-order valence-corrected chi connectivity index (χ1v) is 11.5. The van der Waals surface area contributed by atoms with Gasteiger partial charge in [0.2, 0.25) is 0 Å². The van der Waals surface area contributed by atoms with E-state index in [1.165, 1.54) is 18.4 Å². The molecular weight excluding hydrogens is 402 g/mol. The number of benzene rings is 1. The molecule has 2 unspecified atom stereocenters. The largest absolute Gasteiger partial charge is 0.326 e. The third-order valence-electron chi connectivity index (χ3n) is 5.67. The van der Waals surface area contributed by atoms with Crippen LogP contribution in [0.2, 0.25) is 0 Å². The van der Waals surface area contributed by atoms with Crippen LogP contribution in [-0.2, 0) is 6.42 Å². The van der Waals surface area contributed by atoms with Crippen LogP contribution < -0.4 is 11.5 Å². The minimum absolute atomic E-state index is 0.252. The van der Waals surface area contributed by atoms with Gasteiger partial charge >= 0.3 is 0 Å². The predicted octanol–water partition coefficient (Wildman–Crippen LogP) is 4.75. The molecule has 0 saturated heterocycles. The van der Waals surface area contributed by atoms with E-state index in [0.29, 0.717) is 18.2 Å². The standard InChI is InChI=1S/C25H25N5S/c26-20(14-17-4-2-1-3-5-17)21(27)23-24-22(19(15-31-24)9-8-16-6-7-16)29-25(30-23)18-10-12-28-13-11-18/h1-5,8-13,15-16,20-21H,6-7,14,26-27H2. The van der Waals surface area contributed by atoms with Gasteiger partial charge in [-0.25, -0.2) is 9.97 Å². The third kappa shape index (κ3) is 4.42. The molecule has 0 spiro atoms. The molecule has 1 aromatic carbocycles. The molecule has 6 heteroatoms. The van der Waals surface area contributed by atoms with Crippen LogP contribution in [0.5, 0.6) is 0 Å². The first kappa shape index (κ1) is 20.0. The molecule has 3 aromatic heterocycles. The number of aromatic nitrogens is 3. The Labute approximate surface area is 185 Å². The van der Waals surface area contributed by atoms with Crippen molar-refractivity contribution in [3.63, 3.8) is 0 Å². The summed E-state index contributed by atoms with van der Waals surface area (Å²) in [6.45, 7) is 0. The van der Waals surface area contributed by atoms with E-state index in [1.807, 2.05) is 30.3 Å². The van der Waals surface area contributed by atoms with E-state index in [9.17, 15) is 0 Å². The molecule has 3 heterocycles. The first-order valence-electron chi connectivity index (χ1n) is 10.6. The Morgan fingerprint density at radius 3 is 2.55 bits per heavy atom. The van der Waals surface area contributed by atoms with Crippen molar-refractivity contribution in [2.45, 2.75) is 31.3 Å². The molecule has 4 N–H and O–H groups in total. The average Bonchev–Trinajstić information content (AvgIpc) is 3.56. The minimum Gasteiger partial charge on any atom is -0.326 e. The number of thiophene rings is 1. The van der Waals surface area contributed by atoms with Gasteiger partial charge in [0.15, 0.2) is 5.82 Å². The van der Waals surface area contributed by atoms with Crippen LogP contribution in [0, 0.1) is 5.92 Å². The third-order valence-corrected chi connectivity index (χ3v) is 6.68. The van der Waals surface area contributed by atoms with Crippen molar-refractivity contribution < 1.29 is 0 Å². The van der Waals surface area contributed by atoms with Gasteiger partial charge in [0, 0.05) is 34.9 Å². The van der Waals surface area contributed by atoms with Crippen LogP contribution in [0.15, 0.2) is 66.3 Å². The molecule has 1 fully saturated rings. The number of rotatable bonds is 7. The molecule has 156 valence electrons. The molecule has 5 rings (SSSR count). The van der Waals surface area contributed by atoms with Gasteiger partial charge in [-0.2, -0.15) is 0 Å². The molecule has 1 aliphatic rings. The lowest BCUT2D eigenvalue weighted by Crippen LogP contribution is -2.36. The van der Waals surface area contributed by atoms with Gasteiger partial charge in [-0.3, -0.25) is 4.98 Å². The van der Waals surface area contributed by atoms with Crippen molar-refractivity contribution in [1.82, 2.24) is 15.0 Å². The summed E-state index contributed by atoms with van der Waals surface area (Å²) in [6, 6.07) is 13.4. The molecule has 1 saturated carbocycles. The molecule has 0 radical (unpaired) electrons. The van der Waals surface area contributed by atoms with E-state index in [0.717, 1.165) is 27.0 Å². The fourth-order valence-electron chi connectivity index (χ4n) is 3.68. The summed E-state index contributed by atoms with van der Waals surface area (Å²) in [5.74, 6) is 1.37. The number of nitrogens with two attached hydrogens (primary N) is 2. The summed E-state index contributed by atoms with van der Waals surface area (Å²) in [5.41, 5.74) is 18.2. The van der Waals surface area contributed by atoms with E-state index in [4.69, 9.17) is 21.4 Å². The van der Waals surface area contributed by atoms with E-state index >= 15 is 0 Å². The Morgan fingerprint density at radius 1 is 1.03 bits per heavy atom. The van der Waals surface area contributed by atoms with Gasteiger partial charge in [-0.15, -0.1) is 11.3 Å². The van der Waals surface area contributed by atoms with E-state index in [-0.39, 0.29) is 6.04 Å². The summed E-state index contributed by atoms with van der Waals surface area (Å²) in [6.07, 6.45) is 11.2. The van der Waals surface area contributed by atoms with Crippen LogP contribution in [0.4, 0.5) is 0 Å². The average molecular weight is 428 g/mol. The number of nitrogens with zero attached hydrogens (tertiary/aromatic N) is 3. The molecule has 0 aliphatic heterocycles. The maximum atomic E-state index is 6.70. The normalized spacial score (nSPS) is 16.1. The molecule has 0 bridgehead atoms. The van der Waals surface area contributed by atoms with Crippen molar-refractivity contribution in [2.24, 2.45) is 17.4 Å². The number of allylic oxidation sites excluding steroid dienone is 1. The second kappa shape index (κ2) is 8.67. The lowest BCUT2D eigenvalue weighted by atomic mass is 9.98. The summed E-state index contributed by atoms with van der Waals surface area (Å²) in [7, 11) is 0. The molecule has 4 aromatic rings. The highest BCUT2D eigenvalue weighted by atomic mass is 32.1. The van der Waals surface area contributed by atoms with E-state index in [2.05, 4.69) is 34.6 Å². The van der Waals surface area contributed by atoms with Gasteiger partial charge in [0.05, 0.1) is 22.0 Å². The van der Waals surface area contributed by atoms with Crippen LogP contribution in [0.25, 0.3) is 27.7 Å². The Balaban J connectivity index is 1.56. The second-order valence-electron chi connectivity index (χ2n) is 8.11. The lowest BCUT2D eigenvalue weighted by molar-refractivity contribution is 0.537. The highest BCUT2D eigenvalue weighted by Gasteiger charge is 2.24. The Hall–Kier alpha value is -2.93. The minimum atomic E-state index is -0.398. The maximum absolute atomic E-state index is 6.70. The van der Waals surface area contributed by atoms with E-state index in [1.54, 1.807) is 23.7 Å². The maximum Gasteiger partial charge on any atom is 0.160 e. The van der Waals surface area contributed by atoms with Crippen molar-refractivity contribution in [2.75, 3.05) is 0 Å². The summed E-state index contributed by atoms with van der Waals surface area (Å²) in [4.78, 5) is 13.9. The monoisotopic (exact) mass is 427 g/mol. The SMILES string of the molecule is NC(Cc1ccccc1)C(N)c1nc(-c2ccncc2)nc2c(C=CC3CC3)csc12. The second-order valence-corrected chi connectivity index (χ2v) is 8.99. The number of hydrogen-bond donors (Lipinski definition) is 2. The summed E-state index contributed by atoms with van der Waals surface area (Å²) >= 11 is 1.64. The molecular formula is C25H25N5S. The van der Waals surface area contributed by atoms with Gasteiger partial charge in [0.1, 0.15) is 0 Å². The quantitative estimate of drug-likeness (QED) is 0.444. The van der Waals surface area contributed by atoms with Crippen LogP contribution in [0.3, 0.4) is 0 Å². The summed E-state index contributed by atoms with van der Waals surface area (Å²) in [5, 5.41) is 2.15. The van der Waals surface area contributed by atoms with E-state index < -0.39 is 6.04 Å². The van der Waals surface area contributed by atoms with Crippen molar-refractivity contribution in [3.05, 3.63) is 83.1 Å². The zero-order chi connectivity index (χ0) is 21.2. The van der Waals surface area contributed by atoms with Crippen molar-refractivity contribution in [3.8, 4) is 11.4 Å². The first-order chi connectivity index (χ1) is 15.2. The lowest BCUT2D eigenvalue weighted by Gasteiger charge is -2.20. The van der Waals surface area contributed by atoms with Crippen LogP contribution in [0.1, 0.15) is 35.7 Å². The van der Waals surface area contributed by atoms with Crippen molar-refractivity contribution in [1.29, 1.82) is 0 Å². The molecule has 2 atom stereocenters. The van der Waals surface area contributed by atoms with Crippen molar-refractivity contribution >= 4 is 27.6 Å². The zero-order valence-corrected chi connectivity index (χ0v) is 18.0. The van der Waals surface area contributed by atoms with Gasteiger partial charge < -0.3 is 11.5 Å². The predicted molar refractivity (Wildman–Crippen MR) is 127 cm³/mol. The van der Waals surface area contributed by atoms with Crippen LogP contribution >= 0.6 is 11.3 Å². The Kier molecular flexibility index (Phi) is 5.59. The highest BCUT2D eigenvalue weighted by molar-refractivity contribution is 7.17. The topological polar surface area (TPSA) is 90.7 Å². The van der Waals surface area contributed by atoms with Crippen LogP contribution in [-0.4, -0.2) is 21.0 Å². The zero-order valence-electron chi connectivity index (χ0n) is 17.2. The summed E-state index contributed by atoms with van der Waals surface area (Å²) < 4.78 is 1.02. The molecule has 31 heavy (non-hydrogen) atoms. The molecule has 5 nitrogen and oxygen atoms in total. The fourth-order valence-corrected chi connectivity index (χ4v) is 4.69.